The van der Waals surface area contributed by atoms with Gasteiger partial charge < -0.3 is 15.1 Å². The Morgan fingerprint density at radius 2 is 1.65 bits per heavy atom. The van der Waals surface area contributed by atoms with Crippen molar-refractivity contribution in [1.29, 1.82) is 0 Å². The summed E-state index contributed by atoms with van der Waals surface area (Å²) >= 11 is 0. The molecule has 3 amide bonds. The van der Waals surface area contributed by atoms with Crippen LogP contribution in [0.1, 0.15) is 23.3 Å². The van der Waals surface area contributed by atoms with Crippen molar-refractivity contribution in [2.75, 3.05) is 26.2 Å². The minimum absolute atomic E-state index is 0.142. The lowest BCUT2D eigenvalue weighted by molar-refractivity contribution is -0.146. The van der Waals surface area contributed by atoms with E-state index in [4.69, 9.17) is 0 Å². The minimum atomic E-state index is -0.539. The van der Waals surface area contributed by atoms with Gasteiger partial charge in [-0.15, -0.1) is 0 Å². The van der Waals surface area contributed by atoms with Crippen LogP contribution < -0.4 is 5.32 Å². The number of fused-ring (bicyclic) bond motifs is 1. The fourth-order valence-corrected chi connectivity index (χ4v) is 3.17. The van der Waals surface area contributed by atoms with Crippen molar-refractivity contribution in [3.05, 3.63) is 42.2 Å². The monoisotopic (exact) mass is 352 g/mol. The van der Waals surface area contributed by atoms with Gasteiger partial charge in [0.1, 0.15) is 5.69 Å². The lowest BCUT2D eigenvalue weighted by Crippen LogP contribution is -2.54. The molecule has 1 saturated carbocycles. The molecule has 0 spiro atoms. The first-order valence-corrected chi connectivity index (χ1v) is 8.86. The zero-order valence-electron chi connectivity index (χ0n) is 14.4. The molecule has 1 N–H and O–H groups in total. The van der Waals surface area contributed by atoms with E-state index in [1.807, 2.05) is 30.3 Å². The van der Waals surface area contributed by atoms with Crippen molar-refractivity contribution >= 4 is 28.5 Å². The molecular formula is C19H20N4O3. The summed E-state index contributed by atoms with van der Waals surface area (Å²) in [6, 6.07) is 9.68. The average molecular weight is 352 g/mol. The van der Waals surface area contributed by atoms with Gasteiger partial charge in [0.25, 0.3) is 5.91 Å². The molecule has 0 atom stereocenters. The highest BCUT2D eigenvalue weighted by Gasteiger charge is 2.32. The fraction of sp³-hybridized carbons (Fsp3) is 0.368. The van der Waals surface area contributed by atoms with Crippen LogP contribution in [0.2, 0.25) is 0 Å². The van der Waals surface area contributed by atoms with E-state index in [1.54, 1.807) is 11.1 Å². The number of hydrogen-bond acceptors (Lipinski definition) is 4. The van der Waals surface area contributed by atoms with Gasteiger partial charge in [-0.1, -0.05) is 24.3 Å². The third kappa shape index (κ3) is 3.24. The van der Waals surface area contributed by atoms with Crippen LogP contribution in [0.3, 0.4) is 0 Å². The number of pyridine rings is 1. The van der Waals surface area contributed by atoms with Gasteiger partial charge in [0.15, 0.2) is 0 Å². The Hall–Kier alpha value is -2.96. The highest BCUT2D eigenvalue weighted by molar-refractivity contribution is 6.35. The quantitative estimate of drug-likeness (QED) is 0.811. The number of nitrogens with one attached hydrogen (secondary N) is 1. The van der Waals surface area contributed by atoms with Crippen molar-refractivity contribution < 1.29 is 14.4 Å². The number of rotatable bonds is 2. The number of carbonyl (C=O) groups excluding carboxylic acids is 3. The number of hydrogen-bond donors (Lipinski definition) is 1. The molecule has 2 aromatic rings. The van der Waals surface area contributed by atoms with E-state index >= 15 is 0 Å². The molecule has 134 valence electrons. The third-order valence-electron chi connectivity index (χ3n) is 4.84. The highest BCUT2D eigenvalue weighted by atomic mass is 16.2. The molecule has 1 aliphatic carbocycles. The Morgan fingerprint density at radius 1 is 0.962 bits per heavy atom. The van der Waals surface area contributed by atoms with Gasteiger partial charge in [-0.25, -0.2) is 0 Å². The maximum atomic E-state index is 12.9. The Morgan fingerprint density at radius 3 is 2.38 bits per heavy atom. The first-order chi connectivity index (χ1) is 12.6. The van der Waals surface area contributed by atoms with E-state index in [0.717, 1.165) is 23.6 Å². The molecule has 1 aromatic heterocycles. The first kappa shape index (κ1) is 16.5. The number of aromatic nitrogens is 1. The van der Waals surface area contributed by atoms with Gasteiger partial charge in [0.2, 0.25) is 0 Å². The number of nitrogens with zero attached hydrogens (tertiary/aromatic N) is 3. The van der Waals surface area contributed by atoms with Crippen LogP contribution in [0.5, 0.6) is 0 Å². The summed E-state index contributed by atoms with van der Waals surface area (Å²) in [5, 5.41) is 4.50. The molecule has 1 aliphatic heterocycles. The Labute approximate surface area is 151 Å². The molecule has 1 aromatic carbocycles. The van der Waals surface area contributed by atoms with E-state index in [0.29, 0.717) is 31.9 Å². The smallest absolute Gasteiger partial charge is 0.312 e. The van der Waals surface area contributed by atoms with Crippen molar-refractivity contribution in [2.24, 2.45) is 0 Å². The maximum Gasteiger partial charge on any atom is 0.312 e. The normalized spacial score (nSPS) is 17.2. The highest BCUT2D eigenvalue weighted by Crippen LogP contribution is 2.20. The molecule has 7 nitrogen and oxygen atoms in total. The van der Waals surface area contributed by atoms with E-state index in [2.05, 4.69) is 10.3 Å². The summed E-state index contributed by atoms with van der Waals surface area (Å²) < 4.78 is 0. The third-order valence-corrected chi connectivity index (χ3v) is 4.84. The van der Waals surface area contributed by atoms with Gasteiger partial charge >= 0.3 is 11.8 Å². The van der Waals surface area contributed by atoms with Crippen LogP contribution in [0, 0.1) is 0 Å². The number of carbonyl (C=O) groups is 3. The van der Waals surface area contributed by atoms with Crippen LogP contribution in [0.25, 0.3) is 10.8 Å². The van der Waals surface area contributed by atoms with Gasteiger partial charge in [0.05, 0.1) is 0 Å². The fourth-order valence-electron chi connectivity index (χ4n) is 3.17. The van der Waals surface area contributed by atoms with Crippen LogP contribution in [0.15, 0.2) is 36.5 Å². The molecule has 0 radical (unpaired) electrons. The molecule has 4 rings (SSSR count). The Bertz CT molecular complexity index is 865. The Kier molecular flexibility index (Phi) is 4.28. The zero-order valence-corrected chi connectivity index (χ0v) is 14.4. The molecule has 1 saturated heterocycles. The molecular weight excluding hydrogens is 332 g/mol. The molecule has 0 unspecified atom stereocenters. The van der Waals surface area contributed by atoms with E-state index < -0.39 is 11.8 Å². The molecule has 2 fully saturated rings. The summed E-state index contributed by atoms with van der Waals surface area (Å²) in [6.45, 7) is 1.50. The topological polar surface area (TPSA) is 82.6 Å². The number of benzene rings is 1. The second-order valence-corrected chi connectivity index (χ2v) is 6.71. The largest absolute Gasteiger partial charge is 0.345 e. The predicted molar refractivity (Wildman–Crippen MR) is 95.4 cm³/mol. The van der Waals surface area contributed by atoms with Crippen LogP contribution in [0.4, 0.5) is 0 Å². The van der Waals surface area contributed by atoms with Gasteiger partial charge in [0, 0.05) is 43.8 Å². The van der Waals surface area contributed by atoms with Crippen molar-refractivity contribution in [3.63, 3.8) is 0 Å². The predicted octanol–water partition coefficient (Wildman–Crippen LogP) is 0.798. The summed E-state index contributed by atoms with van der Waals surface area (Å²) in [5.41, 5.74) is 0.425. The average Bonchev–Trinajstić information content (AvgIpc) is 3.50. The summed E-state index contributed by atoms with van der Waals surface area (Å²) in [4.78, 5) is 44.4. The second-order valence-electron chi connectivity index (χ2n) is 6.71. The van der Waals surface area contributed by atoms with Crippen LogP contribution >= 0.6 is 0 Å². The lowest BCUT2D eigenvalue weighted by atomic mass is 10.1. The molecule has 2 heterocycles. The van der Waals surface area contributed by atoms with Crippen molar-refractivity contribution in [2.45, 2.75) is 18.9 Å². The van der Waals surface area contributed by atoms with Gasteiger partial charge in [-0.05, 0) is 24.3 Å². The van der Waals surface area contributed by atoms with Gasteiger partial charge in [-0.3, -0.25) is 19.4 Å². The van der Waals surface area contributed by atoms with Crippen LogP contribution in [-0.2, 0) is 9.59 Å². The standard InChI is InChI=1S/C19H20N4O3/c24-17(21-14-5-6-14)19(26)23-11-9-22(10-12-23)18(25)16-15-4-2-1-3-13(15)7-8-20-16/h1-4,7-8,14H,5-6,9-12H2,(H,21,24). The summed E-state index contributed by atoms with van der Waals surface area (Å²) in [6.07, 6.45) is 3.52. The van der Waals surface area contributed by atoms with Crippen molar-refractivity contribution in [3.8, 4) is 0 Å². The maximum absolute atomic E-state index is 12.9. The van der Waals surface area contributed by atoms with Crippen LogP contribution in [-0.4, -0.2) is 64.7 Å². The number of amides is 3. The van der Waals surface area contributed by atoms with E-state index in [-0.39, 0.29) is 11.9 Å². The number of piperazine rings is 1. The minimum Gasteiger partial charge on any atom is -0.345 e. The SMILES string of the molecule is O=C(NC1CC1)C(=O)N1CCN(C(=O)c2nccc3ccccc23)CC1. The van der Waals surface area contributed by atoms with E-state index in [9.17, 15) is 14.4 Å². The molecule has 2 aliphatic rings. The molecule has 7 heteroatoms. The first-order valence-electron chi connectivity index (χ1n) is 8.86. The molecule has 0 bridgehead atoms. The summed E-state index contributed by atoms with van der Waals surface area (Å²) in [5.74, 6) is -1.19. The Balaban J connectivity index is 1.41. The lowest BCUT2D eigenvalue weighted by Gasteiger charge is -2.34. The second kappa shape index (κ2) is 6.74. The molecule has 26 heavy (non-hydrogen) atoms. The zero-order chi connectivity index (χ0) is 18.1. The van der Waals surface area contributed by atoms with Gasteiger partial charge in [-0.2, -0.15) is 0 Å². The van der Waals surface area contributed by atoms with E-state index in [1.165, 1.54) is 4.90 Å². The summed E-state index contributed by atoms with van der Waals surface area (Å²) in [7, 11) is 0. The van der Waals surface area contributed by atoms with Crippen molar-refractivity contribution in [1.82, 2.24) is 20.1 Å².